The minimum Gasteiger partial charge on any atom is -0.444 e. The van der Waals surface area contributed by atoms with Gasteiger partial charge in [0, 0.05) is 12.6 Å². The monoisotopic (exact) mass is 300 g/mol. The molecule has 0 unspecified atom stereocenters. The van der Waals surface area contributed by atoms with Gasteiger partial charge in [-0.3, -0.25) is 0 Å². The van der Waals surface area contributed by atoms with Gasteiger partial charge in [-0.15, -0.1) is 0 Å². The second-order valence-electron chi connectivity index (χ2n) is 7.23. The molecule has 0 aliphatic carbocycles. The Balaban J connectivity index is 2.00. The Kier molecular flexibility index (Phi) is 4.80. The van der Waals surface area contributed by atoms with E-state index in [2.05, 4.69) is 5.32 Å². The van der Waals surface area contributed by atoms with Gasteiger partial charge >= 0.3 is 6.09 Å². The first-order valence-corrected chi connectivity index (χ1v) is 7.68. The van der Waals surface area contributed by atoms with E-state index >= 15 is 0 Å². The maximum absolute atomic E-state index is 12.5. The summed E-state index contributed by atoms with van der Waals surface area (Å²) in [5, 5.41) is 3.29. The Bertz CT molecular complexity index is 372. The lowest BCUT2D eigenvalue weighted by atomic mass is 10.2. The molecule has 2 rings (SSSR count). The van der Waals surface area contributed by atoms with Crippen LogP contribution in [0.25, 0.3) is 0 Å². The lowest BCUT2D eigenvalue weighted by molar-refractivity contribution is -0.140. The molecule has 2 fully saturated rings. The predicted octanol–water partition coefficient (Wildman–Crippen LogP) is 1.74. The van der Waals surface area contributed by atoms with Crippen LogP contribution in [0.4, 0.5) is 4.79 Å². The van der Waals surface area contributed by atoms with Crippen LogP contribution in [-0.4, -0.2) is 60.8 Å². The normalized spacial score (nSPS) is 28.6. The van der Waals surface area contributed by atoms with Crippen LogP contribution in [0.5, 0.6) is 0 Å². The van der Waals surface area contributed by atoms with Gasteiger partial charge in [0.1, 0.15) is 11.7 Å². The highest BCUT2D eigenvalue weighted by molar-refractivity contribution is 5.68. The topological polar surface area (TPSA) is 60.0 Å². The zero-order valence-corrected chi connectivity index (χ0v) is 13.8. The summed E-state index contributed by atoms with van der Waals surface area (Å²) in [4.78, 5) is 14.3. The Morgan fingerprint density at radius 1 is 1.43 bits per heavy atom. The van der Waals surface area contributed by atoms with Crippen molar-refractivity contribution < 1.29 is 19.0 Å². The molecule has 0 aromatic carbocycles. The van der Waals surface area contributed by atoms with Gasteiger partial charge in [-0.05, 0) is 47.6 Å². The molecule has 0 aromatic rings. The highest BCUT2D eigenvalue weighted by atomic mass is 16.7. The van der Waals surface area contributed by atoms with Crippen LogP contribution in [0.2, 0.25) is 0 Å². The minimum atomic E-state index is -0.571. The van der Waals surface area contributed by atoms with Crippen molar-refractivity contribution in [2.24, 2.45) is 0 Å². The molecule has 2 saturated heterocycles. The van der Waals surface area contributed by atoms with Gasteiger partial charge in [-0.1, -0.05) is 0 Å². The first-order chi connectivity index (χ1) is 9.66. The Labute approximate surface area is 127 Å². The van der Waals surface area contributed by atoms with Crippen LogP contribution >= 0.6 is 0 Å². The Morgan fingerprint density at radius 2 is 2.14 bits per heavy atom. The highest BCUT2D eigenvalue weighted by Crippen LogP contribution is 2.24. The van der Waals surface area contributed by atoms with Crippen molar-refractivity contribution >= 4 is 6.09 Å². The predicted molar refractivity (Wildman–Crippen MR) is 79.1 cm³/mol. The molecule has 2 atom stereocenters. The summed E-state index contributed by atoms with van der Waals surface area (Å²) in [7, 11) is 0. The maximum atomic E-state index is 12.5. The van der Waals surface area contributed by atoms with Crippen LogP contribution in [0, 0.1) is 0 Å². The molecule has 0 spiro atoms. The van der Waals surface area contributed by atoms with Crippen molar-refractivity contribution in [1.29, 1.82) is 0 Å². The molecule has 122 valence electrons. The molecule has 0 bridgehead atoms. The van der Waals surface area contributed by atoms with E-state index in [4.69, 9.17) is 14.2 Å². The number of ether oxygens (including phenoxy) is 3. The summed E-state index contributed by atoms with van der Waals surface area (Å²) in [5.41, 5.74) is -0.492. The molecule has 0 radical (unpaired) electrons. The van der Waals surface area contributed by atoms with E-state index in [1.807, 2.05) is 34.6 Å². The van der Waals surface area contributed by atoms with Crippen molar-refractivity contribution in [3.63, 3.8) is 0 Å². The second-order valence-corrected chi connectivity index (χ2v) is 7.23. The average molecular weight is 300 g/mol. The first-order valence-electron chi connectivity index (χ1n) is 7.68. The molecular formula is C15H28N2O4. The quantitative estimate of drug-likeness (QED) is 0.860. The van der Waals surface area contributed by atoms with E-state index in [-0.39, 0.29) is 18.2 Å². The smallest absolute Gasteiger partial charge is 0.410 e. The van der Waals surface area contributed by atoms with Crippen molar-refractivity contribution in [2.75, 3.05) is 26.2 Å². The summed E-state index contributed by atoms with van der Waals surface area (Å²) in [5.74, 6) is -0.571. The number of hydrogen-bond acceptors (Lipinski definition) is 5. The maximum Gasteiger partial charge on any atom is 0.410 e. The van der Waals surface area contributed by atoms with Gasteiger partial charge < -0.3 is 24.4 Å². The summed E-state index contributed by atoms with van der Waals surface area (Å²) >= 11 is 0. The number of nitrogens with zero attached hydrogens (tertiary/aromatic N) is 1. The molecule has 1 N–H and O–H groups in total. The average Bonchev–Trinajstić information content (AvgIpc) is 2.93. The van der Waals surface area contributed by atoms with Gasteiger partial charge in [0.05, 0.1) is 13.2 Å². The van der Waals surface area contributed by atoms with E-state index in [1.165, 1.54) is 0 Å². The first kappa shape index (κ1) is 16.5. The van der Waals surface area contributed by atoms with Crippen molar-refractivity contribution in [3.05, 3.63) is 0 Å². The van der Waals surface area contributed by atoms with Crippen LogP contribution in [0.3, 0.4) is 0 Å². The standard InChI is InChI=1S/C15H28N2O4/c1-14(2,3)21-13(18)17(11-6-7-16-8-11)9-12-10-19-15(4,5)20-12/h11-12,16H,6-10H2,1-5H3/t11-,12-/m0/s1. The van der Waals surface area contributed by atoms with E-state index < -0.39 is 11.4 Å². The van der Waals surface area contributed by atoms with Gasteiger partial charge in [0.25, 0.3) is 0 Å². The lowest BCUT2D eigenvalue weighted by Crippen LogP contribution is -2.48. The third kappa shape index (κ3) is 4.83. The van der Waals surface area contributed by atoms with E-state index in [0.29, 0.717) is 13.2 Å². The second kappa shape index (κ2) is 6.10. The molecule has 1 amide bonds. The van der Waals surface area contributed by atoms with Crippen molar-refractivity contribution in [3.8, 4) is 0 Å². The number of amides is 1. The SMILES string of the molecule is CC(C)(C)OC(=O)N(C[C@H]1COC(C)(C)O1)[C@H]1CCNC1. The largest absolute Gasteiger partial charge is 0.444 e. The molecule has 0 saturated carbocycles. The van der Waals surface area contributed by atoms with Gasteiger partial charge in [-0.25, -0.2) is 4.79 Å². The summed E-state index contributed by atoms with van der Waals surface area (Å²) in [6.07, 6.45) is 0.563. The summed E-state index contributed by atoms with van der Waals surface area (Å²) in [6.45, 7) is 12.2. The van der Waals surface area contributed by atoms with Crippen LogP contribution in [-0.2, 0) is 14.2 Å². The molecule has 2 aliphatic heterocycles. The fourth-order valence-electron chi connectivity index (χ4n) is 2.67. The number of rotatable bonds is 3. The number of nitrogens with one attached hydrogen (secondary N) is 1. The van der Waals surface area contributed by atoms with Gasteiger partial charge in [0.2, 0.25) is 0 Å². The molecular weight excluding hydrogens is 272 g/mol. The third-order valence-corrected chi connectivity index (χ3v) is 3.57. The molecule has 21 heavy (non-hydrogen) atoms. The van der Waals surface area contributed by atoms with Crippen molar-refractivity contribution in [1.82, 2.24) is 10.2 Å². The van der Waals surface area contributed by atoms with Crippen LogP contribution in [0.15, 0.2) is 0 Å². The van der Waals surface area contributed by atoms with E-state index in [9.17, 15) is 4.79 Å². The van der Waals surface area contributed by atoms with E-state index in [1.54, 1.807) is 4.90 Å². The fraction of sp³-hybridized carbons (Fsp3) is 0.933. The highest BCUT2D eigenvalue weighted by Gasteiger charge is 2.38. The summed E-state index contributed by atoms with van der Waals surface area (Å²) in [6, 6.07) is 0.159. The molecule has 2 heterocycles. The van der Waals surface area contributed by atoms with Crippen LogP contribution < -0.4 is 5.32 Å². The zero-order chi connectivity index (χ0) is 15.7. The number of carbonyl (C=O) groups excluding carboxylic acids is 1. The fourth-order valence-corrected chi connectivity index (χ4v) is 2.67. The third-order valence-electron chi connectivity index (χ3n) is 3.57. The van der Waals surface area contributed by atoms with Crippen molar-refractivity contribution in [2.45, 2.75) is 64.6 Å². The molecule has 2 aliphatic rings. The van der Waals surface area contributed by atoms with Gasteiger partial charge in [0.15, 0.2) is 5.79 Å². The number of carbonyl (C=O) groups is 1. The van der Waals surface area contributed by atoms with E-state index in [0.717, 1.165) is 19.5 Å². The lowest BCUT2D eigenvalue weighted by Gasteiger charge is -2.32. The Morgan fingerprint density at radius 3 is 2.62 bits per heavy atom. The molecule has 0 aromatic heterocycles. The van der Waals surface area contributed by atoms with Crippen LogP contribution in [0.1, 0.15) is 41.0 Å². The minimum absolute atomic E-state index is 0.104. The number of hydrogen-bond donors (Lipinski definition) is 1. The zero-order valence-electron chi connectivity index (χ0n) is 13.8. The molecule has 6 heteroatoms. The summed E-state index contributed by atoms with van der Waals surface area (Å²) < 4.78 is 16.9. The Hall–Kier alpha value is -0.850. The van der Waals surface area contributed by atoms with Gasteiger partial charge in [-0.2, -0.15) is 0 Å². The molecule has 6 nitrogen and oxygen atoms in total.